The first kappa shape index (κ1) is 20.4. The third kappa shape index (κ3) is 4.18. The van der Waals surface area contributed by atoms with Crippen LogP contribution in [0.2, 0.25) is 5.02 Å². The standard InChI is InChI=1S/C24H21ClN2O2S/c1-17-12-19(10-11-23(17)27-14-18(2)26-16-27)15-30(28,29)24-9-4-3-8-22(24)20-6-5-7-21(25)13-20/h3-14,16H,15H2,1-2H3. The summed E-state index contributed by atoms with van der Waals surface area (Å²) in [7, 11) is -3.56. The molecule has 0 radical (unpaired) electrons. The molecule has 0 amide bonds. The van der Waals surface area contributed by atoms with Crippen molar-refractivity contribution >= 4 is 21.4 Å². The Kier molecular flexibility index (Phi) is 5.50. The van der Waals surface area contributed by atoms with Crippen LogP contribution in [0.5, 0.6) is 0 Å². The van der Waals surface area contributed by atoms with Crippen molar-refractivity contribution in [2.24, 2.45) is 0 Å². The molecule has 1 aromatic heterocycles. The summed E-state index contributed by atoms with van der Waals surface area (Å²) in [6.45, 7) is 3.91. The predicted molar refractivity (Wildman–Crippen MR) is 121 cm³/mol. The monoisotopic (exact) mass is 436 g/mol. The first-order valence-electron chi connectivity index (χ1n) is 9.52. The van der Waals surface area contributed by atoms with Crippen LogP contribution in [-0.4, -0.2) is 18.0 Å². The van der Waals surface area contributed by atoms with Crippen molar-refractivity contribution in [1.29, 1.82) is 0 Å². The zero-order chi connectivity index (χ0) is 21.3. The molecule has 0 unspecified atom stereocenters. The molecule has 4 nitrogen and oxygen atoms in total. The number of imidazole rings is 1. The largest absolute Gasteiger partial charge is 0.306 e. The molecule has 0 aliphatic heterocycles. The number of aryl methyl sites for hydroxylation is 2. The van der Waals surface area contributed by atoms with Crippen molar-refractivity contribution in [1.82, 2.24) is 9.55 Å². The fourth-order valence-electron chi connectivity index (χ4n) is 3.58. The molecule has 30 heavy (non-hydrogen) atoms. The highest BCUT2D eigenvalue weighted by molar-refractivity contribution is 7.90. The summed E-state index contributed by atoms with van der Waals surface area (Å²) < 4.78 is 28.5. The molecule has 0 bridgehead atoms. The molecule has 0 atom stereocenters. The second kappa shape index (κ2) is 8.09. The molecule has 0 aliphatic carbocycles. The molecule has 4 rings (SSSR count). The highest BCUT2D eigenvalue weighted by atomic mass is 35.5. The van der Waals surface area contributed by atoms with Crippen LogP contribution in [0, 0.1) is 13.8 Å². The Morgan fingerprint density at radius 3 is 2.47 bits per heavy atom. The first-order chi connectivity index (χ1) is 14.3. The van der Waals surface area contributed by atoms with E-state index in [0.717, 1.165) is 28.1 Å². The fourth-order valence-corrected chi connectivity index (χ4v) is 5.35. The van der Waals surface area contributed by atoms with E-state index in [2.05, 4.69) is 4.98 Å². The Balaban J connectivity index is 1.68. The SMILES string of the molecule is Cc1cn(-c2ccc(CS(=O)(=O)c3ccccc3-c3cccc(Cl)c3)cc2C)cn1. The predicted octanol–water partition coefficient (Wildman–Crippen LogP) is 5.78. The van der Waals surface area contributed by atoms with E-state index in [1.165, 1.54) is 0 Å². The van der Waals surface area contributed by atoms with Crippen LogP contribution in [-0.2, 0) is 15.6 Å². The van der Waals surface area contributed by atoms with Gasteiger partial charge in [-0.2, -0.15) is 0 Å². The Morgan fingerprint density at radius 2 is 1.77 bits per heavy atom. The van der Waals surface area contributed by atoms with Gasteiger partial charge >= 0.3 is 0 Å². The van der Waals surface area contributed by atoms with Crippen LogP contribution in [0.3, 0.4) is 0 Å². The summed E-state index contributed by atoms with van der Waals surface area (Å²) in [6.07, 6.45) is 3.70. The lowest BCUT2D eigenvalue weighted by atomic mass is 10.1. The van der Waals surface area contributed by atoms with Gasteiger partial charge in [0.25, 0.3) is 0 Å². The lowest BCUT2D eigenvalue weighted by molar-refractivity contribution is 0.595. The average molecular weight is 437 g/mol. The number of sulfone groups is 1. The average Bonchev–Trinajstić information content (AvgIpc) is 3.14. The number of nitrogens with zero attached hydrogens (tertiary/aromatic N) is 2. The van der Waals surface area contributed by atoms with Crippen molar-refractivity contribution in [2.75, 3.05) is 0 Å². The molecule has 1 heterocycles. The number of aromatic nitrogens is 2. The Morgan fingerprint density at radius 1 is 0.967 bits per heavy atom. The molecular weight excluding hydrogens is 416 g/mol. The van der Waals surface area contributed by atoms with Crippen LogP contribution in [0.25, 0.3) is 16.8 Å². The molecule has 4 aromatic rings. The van der Waals surface area contributed by atoms with Crippen molar-refractivity contribution in [3.63, 3.8) is 0 Å². The van der Waals surface area contributed by atoms with Crippen molar-refractivity contribution in [2.45, 2.75) is 24.5 Å². The van der Waals surface area contributed by atoms with E-state index in [1.807, 2.05) is 67.1 Å². The maximum absolute atomic E-state index is 13.3. The van der Waals surface area contributed by atoms with Crippen LogP contribution in [0.4, 0.5) is 0 Å². The maximum Gasteiger partial charge on any atom is 0.183 e. The van der Waals surface area contributed by atoms with Gasteiger partial charge in [0.1, 0.15) is 0 Å². The van der Waals surface area contributed by atoms with Crippen LogP contribution < -0.4 is 0 Å². The minimum absolute atomic E-state index is 0.0747. The van der Waals surface area contributed by atoms with E-state index < -0.39 is 9.84 Å². The first-order valence-corrected chi connectivity index (χ1v) is 11.5. The smallest absolute Gasteiger partial charge is 0.183 e. The summed E-state index contributed by atoms with van der Waals surface area (Å²) in [5.41, 5.74) is 5.08. The van der Waals surface area contributed by atoms with E-state index in [4.69, 9.17) is 11.6 Å². The molecule has 152 valence electrons. The summed E-state index contributed by atoms with van der Waals surface area (Å²) in [5.74, 6) is -0.0747. The van der Waals surface area contributed by atoms with Crippen molar-refractivity contribution in [3.8, 4) is 16.8 Å². The van der Waals surface area contributed by atoms with Gasteiger partial charge in [-0.1, -0.05) is 54.1 Å². The summed E-state index contributed by atoms with van der Waals surface area (Å²) in [4.78, 5) is 4.56. The summed E-state index contributed by atoms with van der Waals surface area (Å²) >= 11 is 6.12. The maximum atomic E-state index is 13.3. The van der Waals surface area contributed by atoms with E-state index >= 15 is 0 Å². The molecule has 0 N–H and O–H groups in total. The highest BCUT2D eigenvalue weighted by Crippen LogP contribution is 2.31. The Bertz CT molecular complexity index is 1330. The molecule has 0 saturated heterocycles. The zero-order valence-corrected chi connectivity index (χ0v) is 18.3. The normalized spacial score (nSPS) is 11.6. The van der Waals surface area contributed by atoms with Gasteiger partial charge in [-0.05, 0) is 54.8 Å². The van der Waals surface area contributed by atoms with Crippen LogP contribution >= 0.6 is 11.6 Å². The number of rotatable bonds is 5. The van der Waals surface area contributed by atoms with Gasteiger partial charge in [0.2, 0.25) is 0 Å². The molecule has 0 aliphatic rings. The summed E-state index contributed by atoms with van der Waals surface area (Å²) in [5, 5.41) is 0.570. The van der Waals surface area contributed by atoms with Gasteiger partial charge in [0, 0.05) is 22.5 Å². The van der Waals surface area contributed by atoms with Gasteiger partial charge < -0.3 is 4.57 Å². The minimum atomic E-state index is -3.56. The van der Waals surface area contributed by atoms with Crippen LogP contribution in [0.15, 0.2) is 84.1 Å². The number of benzene rings is 3. The number of hydrogen-bond acceptors (Lipinski definition) is 3. The second-order valence-electron chi connectivity index (χ2n) is 7.31. The van der Waals surface area contributed by atoms with Crippen LogP contribution in [0.1, 0.15) is 16.8 Å². The minimum Gasteiger partial charge on any atom is -0.306 e. The van der Waals surface area contributed by atoms with Gasteiger partial charge in [-0.25, -0.2) is 13.4 Å². The molecule has 0 fully saturated rings. The molecule has 0 spiro atoms. The Hall–Kier alpha value is -2.89. The van der Waals surface area contributed by atoms with Crippen molar-refractivity contribution in [3.05, 3.63) is 101 Å². The number of hydrogen-bond donors (Lipinski definition) is 0. The van der Waals surface area contributed by atoms with E-state index in [0.29, 0.717) is 15.5 Å². The second-order valence-corrected chi connectivity index (χ2v) is 9.70. The summed E-state index contributed by atoms with van der Waals surface area (Å²) in [6, 6.07) is 20.0. The topological polar surface area (TPSA) is 52.0 Å². The molecular formula is C24H21ClN2O2S. The fraction of sp³-hybridized carbons (Fsp3) is 0.125. The van der Waals surface area contributed by atoms with Crippen molar-refractivity contribution < 1.29 is 8.42 Å². The molecule has 6 heteroatoms. The number of halogens is 1. The quantitative estimate of drug-likeness (QED) is 0.398. The van der Waals surface area contributed by atoms with E-state index in [-0.39, 0.29) is 5.75 Å². The zero-order valence-electron chi connectivity index (χ0n) is 16.7. The molecule has 0 saturated carbocycles. The lowest BCUT2D eigenvalue weighted by Gasteiger charge is -2.13. The highest BCUT2D eigenvalue weighted by Gasteiger charge is 2.20. The van der Waals surface area contributed by atoms with Gasteiger partial charge in [0.05, 0.1) is 22.7 Å². The third-order valence-corrected chi connectivity index (χ3v) is 6.94. The van der Waals surface area contributed by atoms with E-state index in [9.17, 15) is 8.42 Å². The Labute approximate surface area is 181 Å². The lowest BCUT2D eigenvalue weighted by Crippen LogP contribution is -2.07. The van der Waals surface area contributed by atoms with Gasteiger partial charge in [-0.3, -0.25) is 0 Å². The molecule has 3 aromatic carbocycles. The van der Waals surface area contributed by atoms with Gasteiger partial charge in [-0.15, -0.1) is 0 Å². The van der Waals surface area contributed by atoms with E-state index in [1.54, 1.807) is 30.6 Å². The third-order valence-electron chi connectivity index (χ3n) is 4.97. The van der Waals surface area contributed by atoms with Gasteiger partial charge in [0.15, 0.2) is 9.84 Å².